The Hall–Kier alpha value is -1.95. The lowest BCUT2D eigenvalue weighted by Crippen LogP contribution is -2.00. The summed E-state index contributed by atoms with van der Waals surface area (Å²) in [7, 11) is 0. The summed E-state index contributed by atoms with van der Waals surface area (Å²) in [6, 6.07) is 9.63. The Morgan fingerprint density at radius 1 is 1.30 bits per heavy atom. The van der Waals surface area contributed by atoms with E-state index in [1.165, 1.54) is 6.07 Å². The summed E-state index contributed by atoms with van der Waals surface area (Å²) in [6.07, 6.45) is 0. The van der Waals surface area contributed by atoms with Crippen molar-refractivity contribution in [2.75, 3.05) is 0 Å². The third kappa shape index (κ3) is 3.33. The molecule has 0 radical (unpaired) electrons. The standard InChI is InChI=1S/C14H11BrFNO3/c1-9-6-14(12(16)7-13(9)17(18)19)20-8-10-2-4-11(15)5-3-10/h2-7H,8H2,1H3. The van der Waals surface area contributed by atoms with Gasteiger partial charge in [0.1, 0.15) is 6.61 Å². The number of rotatable bonds is 4. The van der Waals surface area contributed by atoms with Crippen LogP contribution in [0.15, 0.2) is 40.9 Å². The van der Waals surface area contributed by atoms with Crippen molar-refractivity contribution in [2.45, 2.75) is 13.5 Å². The summed E-state index contributed by atoms with van der Waals surface area (Å²) in [5.41, 5.74) is 0.990. The van der Waals surface area contributed by atoms with E-state index in [1.807, 2.05) is 24.3 Å². The van der Waals surface area contributed by atoms with Crippen molar-refractivity contribution in [3.63, 3.8) is 0 Å². The summed E-state index contributed by atoms with van der Waals surface area (Å²) < 4.78 is 20.0. The van der Waals surface area contributed by atoms with Gasteiger partial charge >= 0.3 is 0 Å². The van der Waals surface area contributed by atoms with E-state index in [0.717, 1.165) is 16.1 Å². The van der Waals surface area contributed by atoms with Gasteiger partial charge in [-0.15, -0.1) is 0 Å². The van der Waals surface area contributed by atoms with E-state index in [4.69, 9.17) is 4.74 Å². The van der Waals surface area contributed by atoms with Crippen molar-refractivity contribution in [2.24, 2.45) is 0 Å². The molecule has 2 rings (SSSR count). The van der Waals surface area contributed by atoms with Crippen LogP contribution in [0, 0.1) is 22.9 Å². The van der Waals surface area contributed by atoms with Crippen LogP contribution in [0.25, 0.3) is 0 Å². The zero-order valence-corrected chi connectivity index (χ0v) is 12.2. The van der Waals surface area contributed by atoms with Gasteiger partial charge in [-0.3, -0.25) is 10.1 Å². The fourth-order valence-electron chi connectivity index (χ4n) is 1.69. The predicted octanol–water partition coefficient (Wildman–Crippen LogP) is 4.38. The molecule has 0 aliphatic carbocycles. The molecule has 0 spiro atoms. The molecule has 0 saturated carbocycles. The van der Waals surface area contributed by atoms with E-state index < -0.39 is 10.7 Å². The molecular weight excluding hydrogens is 329 g/mol. The minimum Gasteiger partial charge on any atom is -0.486 e. The van der Waals surface area contributed by atoms with Crippen molar-refractivity contribution in [3.05, 3.63) is 67.9 Å². The fourth-order valence-corrected chi connectivity index (χ4v) is 1.96. The van der Waals surface area contributed by atoms with Crippen LogP contribution in [0.4, 0.5) is 10.1 Å². The van der Waals surface area contributed by atoms with Crippen LogP contribution < -0.4 is 4.74 Å². The highest BCUT2D eigenvalue weighted by Crippen LogP contribution is 2.27. The number of nitro benzene ring substituents is 1. The topological polar surface area (TPSA) is 52.4 Å². The van der Waals surface area contributed by atoms with Gasteiger partial charge in [-0.2, -0.15) is 0 Å². The molecular formula is C14H11BrFNO3. The molecule has 0 aliphatic rings. The Kier molecular flexibility index (Phi) is 4.34. The average molecular weight is 340 g/mol. The number of nitro groups is 1. The third-order valence-electron chi connectivity index (χ3n) is 2.75. The number of ether oxygens (including phenoxy) is 1. The summed E-state index contributed by atoms with van der Waals surface area (Å²) in [6.45, 7) is 1.74. The Bertz CT molecular complexity index is 644. The van der Waals surface area contributed by atoms with Crippen LogP contribution >= 0.6 is 15.9 Å². The average Bonchev–Trinajstić information content (AvgIpc) is 2.41. The molecule has 0 unspecified atom stereocenters. The van der Waals surface area contributed by atoms with Gasteiger partial charge in [-0.05, 0) is 30.7 Å². The van der Waals surface area contributed by atoms with Gasteiger partial charge in [0.2, 0.25) is 0 Å². The monoisotopic (exact) mass is 339 g/mol. The molecule has 0 atom stereocenters. The van der Waals surface area contributed by atoms with Crippen LogP contribution in [0.3, 0.4) is 0 Å². The van der Waals surface area contributed by atoms with Gasteiger partial charge in [0.05, 0.1) is 11.0 Å². The number of hydrogen-bond donors (Lipinski definition) is 0. The zero-order chi connectivity index (χ0) is 14.7. The zero-order valence-electron chi connectivity index (χ0n) is 10.6. The Labute approximate surface area is 123 Å². The minimum absolute atomic E-state index is 0.0102. The summed E-state index contributed by atoms with van der Waals surface area (Å²) >= 11 is 3.32. The van der Waals surface area contributed by atoms with E-state index in [1.54, 1.807) is 6.92 Å². The second kappa shape index (κ2) is 6.00. The maximum absolute atomic E-state index is 13.7. The minimum atomic E-state index is -0.737. The van der Waals surface area contributed by atoms with Crippen molar-refractivity contribution in [1.82, 2.24) is 0 Å². The van der Waals surface area contributed by atoms with Crippen LogP contribution in [-0.2, 0) is 6.61 Å². The normalized spacial score (nSPS) is 10.3. The Balaban J connectivity index is 2.16. The molecule has 2 aromatic carbocycles. The SMILES string of the molecule is Cc1cc(OCc2ccc(Br)cc2)c(F)cc1[N+](=O)[O-]. The molecule has 2 aromatic rings. The molecule has 0 heterocycles. The molecule has 6 heteroatoms. The maximum atomic E-state index is 13.7. The van der Waals surface area contributed by atoms with E-state index >= 15 is 0 Å². The van der Waals surface area contributed by atoms with Crippen molar-refractivity contribution >= 4 is 21.6 Å². The van der Waals surface area contributed by atoms with Gasteiger partial charge in [-0.25, -0.2) is 4.39 Å². The van der Waals surface area contributed by atoms with E-state index in [-0.39, 0.29) is 18.0 Å². The van der Waals surface area contributed by atoms with Crippen LogP contribution in [0.2, 0.25) is 0 Å². The van der Waals surface area contributed by atoms with E-state index in [2.05, 4.69) is 15.9 Å². The third-order valence-corrected chi connectivity index (χ3v) is 3.28. The Morgan fingerprint density at radius 2 is 1.95 bits per heavy atom. The van der Waals surface area contributed by atoms with Gasteiger partial charge in [-0.1, -0.05) is 28.1 Å². The highest BCUT2D eigenvalue weighted by molar-refractivity contribution is 9.10. The lowest BCUT2D eigenvalue weighted by atomic mass is 10.2. The van der Waals surface area contributed by atoms with Crippen molar-refractivity contribution in [3.8, 4) is 5.75 Å². The lowest BCUT2D eigenvalue weighted by Gasteiger charge is -2.08. The summed E-state index contributed by atoms with van der Waals surface area (Å²) in [4.78, 5) is 10.1. The first-order valence-corrected chi connectivity index (χ1v) is 6.58. The highest BCUT2D eigenvalue weighted by atomic mass is 79.9. The molecule has 0 fully saturated rings. The molecule has 104 valence electrons. The molecule has 4 nitrogen and oxygen atoms in total. The highest BCUT2D eigenvalue weighted by Gasteiger charge is 2.16. The first-order valence-electron chi connectivity index (χ1n) is 5.79. The summed E-state index contributed by atoms with van der Waals surface area (Å²) in [5.74, 6) is -0.726. The van der Waals surface area contributed by atoms with Gasteiger partial charge in [0.25, 0.3) is 5.69 Å². The predicted molar refractivity (Wildman–Crippen MR) is 76.3 cm³/mol. The summed E-state index contributed by atoms with van der Waals surface area (Å²) in [5, 5.41) is 10.7. The second-order valence-electron chi connectivity index (χ2n) is 4.24. The van der Waals surface area contributed by atoms with Crippen LogP contribution in [0.5, 0.6) is 5.75 Å². The fraction of sp³-hybridized carbons (Fsp3) is 0.143. The molecule has 0 N–H and O–H groups in total. The number of aryl methyl sites for hydroxylation is 1. The number of hydrogen-bond acceptors (Lipinski definition) is 3. The van der Waals surface area contributed by atoms with E-state index in [0.29, 0.717) is 5.56 Å². The second-order valence-corrected chi connectivity index (χ2v) is 5.16. The molecule has 0 bridgehead atoms. The van der Waals surface area contributed by atoms with Crippen molar-refractivity contribution in [1.29, 1.82) is 0 Å². The first kappa shape index (κ1) is 14.5. The molecule has 0 amide bonds. The van der Waals surface area contributed by atoms with E-state index in [9.17, 15) is 14.5 Å². The molecule has 0 saturated heterocycles. The number of halogens is 2. The number of benzene rings is 2. The lowest BCUT2D eigenvalue weighted by molar-refractivity contribution is -0.385. The maximum Gasteiger partial charge on any atom is 0.275 e. The van der Waals surface area contributed by atoms with Gasteiger partial charge in [0, 0.05) is 10.0 Å². The Morgan fingerprint density at radius 3 is 2.55 bits per heavy atom. The molecule has 0 aliphatic heterocycles. The first-order chi connectivity index (χ1) is 9.47. The smallest absolute Gasteiger partial charge is 0.275 e. The van der Waals surface area contributed by atoms with Gasteiger partial charge in [0.15, 0.2) is 11.6 Å². The van der Waals surface area contributed by atoms with Crippen LogP contribution in [-0.4, -0.2) is 4.92 Å². The molecule has 20 heavy (non-hydrogen) atoms. The largest absolute Gasteiger partial charge is 0.486 e. The van der Waals surface area contributed by atoms with Gasteiger partial charge < -0.3 is 4.74 Å². The van der Waals surface area contributed by atoms with Crippen molar-refractivity contribution < 1.29 is 14.1 Å². The number of nitrogens with zero attached hydrogens (tertiary/aromatic N) is 1. The van der Waals surface area contributed by atoms with Crippen LogP contribution in [0.1, 0.15) is 11.1 Å². The molecule has 0 aromatic heterocycles. The quantitative estimate of drug-likeness (QED) is 0.613.